The molecule has 130 valence electrons. The van der Waals surface area contributed by atoms with Crippen molar-refractivity contribution in [3.05, 3.63) is 90.5 Å². The molecule has 0 saturated carbocycles. The van der Waals surface area contributed by atoms with E-state index in [1.165, 1.54) is 0 Å². The van der Waals surface area contributed by atoms with Crippen molar-refractivity contribution in [2.24, 2.45) is 0 Å². The van der Waals surface area contributed by atoms with Crippen molar-refractivity contribution in [1.82, 2.24) is 0 Å². The molecule has 0 fully saturated rings. The van der Waals surface area contributed by atoms with Crippen LogP contribution in [-0.2, 0) is 9.53 Å². The zero-order chi connectivity index (χ0) is 18.5. The van der Waals surface area contributed by atoms with Crippen LogP contribution in [0.15, 0.2) is 84.9 Å². The topological polar surface area (TPSA) is 72.8 Å². The van der Waals surface area contributed by atoms with Crippen LogP contribution in [0.25, 0.3) is 10.8 Å². The van der Waals surface area contributed by atoms with E-state index in [0.717, 1.165) is 10.8 Å². The van der Waals surface area contributed by atoms with Crippen molar-refractivity contribution in [2.75, 3.05) is 0 Å². The second kappa shape index (κ2) is 7.53. The molecule has 0 aliphatic carbocycles. The van der Waals surface area contributed by atoms with Gasteiger partial charge in [0.05, 0.1) is 5.57 Å². The quantitative estimate of drug-likeness (QED) is 0.410. The Morgan fingerprint density at radius 2 is 1.54 bits per heavy atom. The highest BCUT2D eigenvalue weighted by Gasteiger charge is 2.27. The van der Waals surface area contributed by atoms with E-state index in [9.17, 15) is 14.7 Å². The van der Waals surface area contributed by atoms with Crippen LogP contribution >= 0.6 is 0 Å². The van der Waals surface area contributed by atoms with Crippen molar-refractivity contribution in [2.45, 2.75) is 6.10 Å². The van der Waals surface area contributed by atoms with E-state index in [2.05, 4.69) is 6.58 Å². The number of aliphatic carboxylic acids is 1. The third kappa shape index (κ3) is 3.72. The van der Waals surface area contributed by atoms with Gasteiger partial charge in [-0.15, -0.1) is 0 Å². The van der Waals surface area contributed by atoms with E-state index in [-0.39, 0.29) is 5.57 Å². The molecule has 26 heavy (non-hydrogen) atoms. The van der Waals surface area contributed by atoms with Crippen LogP contribution in [0, 0.1) is 0 Å². The van der Waals surface area contributed by atoms with Crippen molar-refractivity contribution in [3.63, 3.8) is 0 Å². The number of ether oxygens (including phenoxy) is 2. The molecular formula is C21H16O5. The first-order valence-corrected chi connectivity index (χ1v) is 7.89. The first-order chi connectivity index (χ1) is 12.6. The predicted molar refractivity (Wildman–Crippen MR) is 97.0 cm³/mol. The van der Waals surface area contributed by atoms with Gasteiger partial charge in [0, 0.05) is 5.56 Å². The van der Waals surface area contributed by atoms with Crippen molar-refractivity contribution < 1.29 is 24.2 Å². The number of para-hydroxylation sites is 1. The number of rotatable bonds is 5. The van der Waals surface area contributed by atoms with Crippen LogP contribution in [0.3, 0.4) is 0 Å². The van der Waals surface area contributed by atoms with E-state index >= 15 is 0 Å². The summed E-state index contributed by atoms with van der Waals surface area (Å²) < 4.78 is 10.4. The second-order valence-electron chi connectivity index (χ2n) is 5.56. The lowest BCUT2D eigenvalue weighted by Crippen LogP contribution is -2.20. The lowest BCUT2D eigenvalue weighted by Gasteiger charge is -2.19. The molecule has 1 atom stereocenters. The van der Waals surface area contributed by atoms with Crippen LogP contribution in [0.2, 0.25) is 0 Å². The van der Waals surface area contributed by atoms with Gasteiger partial charge in [-0.2, -0.15) is 0 Å². The third-order valence-electron chi connectivity index (χ3n) is 3.86. The SMILES string of the molecule is C=C(C(=O)O)C(OC(=O)Oc1ccccc1)c1cccc2ccccc12. The molecule has 0 aromatic heterocycles. The Morgan fingerprint density at radius 3 is 2.27 bits per heavy atom. The van der Waals surface area contributed by atoms with E-state index in [0.29, 0.717) is 11.3 Å². The van der Waals surface area contributed by atoms with Gasteiger partial charge in [-0.1, -0.05) is 67.2 Å². The number of carbonyl (C=O) groups excluding carboxylic acids is 1. The summed E-state index contributed by atoms with van der Waals surface area (Å²) in [5, 5.41) is 11.0. The Balaban J connectivity index is 1.94. The normalized spacial score (nSPS) is 11.5. The van der Waals surface area contributed by atoms with Gasteiger partial charge in [0.15, 0.2) is 6.10 Å². The summed E-state index contributed by atoms with van der Waals surface area (Å²) in [6.07, 6.45) is -2.17. The molecule has 5 heteroatoms. The van der Waals surface area contributed by atoms with Gasteiger partial charge in [-0.25, -0.2) is 9.59 Å². The highest BCUT2D eigenvalue weighted by atomic mass is 16.7. The smallest absolute Gasteiger partial charge is 0.478 e. The molecule has 0 radical (unpaired) electrons. The molecule has 0 bridgehead atoms. The lowest BCUT2D eigenvalue weighted by atomic mass is 9.96. The van der Waals surface area contributed by atoms with Gasteiger partial charge in [-0.05, 0) is 22.9 Å². The first-order valence-electron chi connectivity index (χ1n) is 7.89. The average Bonchev–Trinajstić information content (AvgIpc) is 2.66. The Morgan fingerprint density at radius 1 is 0.885 bits per heavy atom. The minimum Gasteiger partial charge on any atom is -0.478 e. The number of carboxylic acid groups (broad SMARTS) is 1. The zero-order valence-electron chi connectivity index (χ0n) is 13.8. The molecule has 3 rings (SSSR count). The fourth-order valence-corrected chi connectivity index (χ4v) is 2.62. The molecule has 3 aromatic carbocycles. The number of fused-ring (bicyclic) bond motifs is 1. The largest absolute Gasteiger partial charge is 0.514 e. The Hall–Kier alpha value is -3.60. The van der Waals surface area contributed by atoms with E-state index in [1.54, 1.807) is 42.5 Å². The molecular weight excluding hydrogens is 332 g/mol. The Bertz CT molecular complexity index is 957. The number of benzene rings is 3. The maximum Gasteiger partial charge on any atom is 0.514 e. The molecule has 1 N–H and O–H groups in total. The zero-order valence-corrected chi connectivity index (χ0v) is 13.8. The molecule has 0 aliphatic heterocycles. The van der Waals surface area contributed by atoms with Crippen molar-refractivity contribution in [3.8, 4) is 5.75 Å². The standard InChI is InChI=1S/C21H16O5/c1-14(20(22)23)19(26-21(24)25-16-10-3-2-4-11-16)18-13-7-9-15-8-5-6-12-17(15)18/h2-13,19H,1H2,(H,22,23). The molecule has 0 saturated heterocycles. The van der Waals surface area contributed by atoms with Gasteiger partial charge < -0.3 is 14.6 Å². The molecule has 0 heterocycles. The van der Waals surface area contributed by atoms with Crippen LogP contribution in [-0.4, -0.2) is 17.2 Å². The van der Waals surface area contributed by atoms with Crippen LogP contribution < -0.4 is 4.74 Å². The van der Waals surface area contributed by atoms with Crippen molar-refractivity contribution >= 4 is 22.9 Å². The maximum absolute atomic E-state index is 12.2. The minimum absolute atomic E-state index is 0.258. The fourth-order valence-electron chi connectivity index (χ4n) is 2.62. The Labute approximate surface area is 150 Å². The highest BCUT2D eigenvalue weighted by molar-refractivity contribution is 5.91. The number of hydrogen-bond donors (Lipinski definition) is 1. The van der Waals surface area contributed by atoms with E-state index in [1.807, 2.05) is 30.3 Å². The summed E-state index contributed by atoms with van der Waals surface area (Å²) in [6.45, 7) is 3.57. The third-order valence-corrected chi connectivity index (χ3v) is 3.86. The summed E-state index contributed by atoms with van der Waals surface area (Å²) in [6, 6.07) is 21.2. The lowest BCUT2D eigenvalue weighted by molar-refractivity contribution is -0.133. The van der Waals surface area contributed by atoms with Gasteiger partial charge in [0.1, 0.15) is 5.75 Å². The Kier molecular flexibility index (Phi) is 4.99. The minimum atomic E-state index is -1.25. The molecule has 1 unspecified atom stereocenters. The number of hydrogen-bond acceptors (Lipinski definition) is 4. The second-order valence-corrected chi connectivity index (χ2v) is 5.56. The summed E-state index contributed by atoms with van der Waals surface area (Å²) in [7, 11) is 0. The molecule has 5 nitrogen and oxygen atoms in total. The maximum atomic E-state index is 12.2. The van der Waals surface area contributed by atoms with E-state index in [4.69, 9.17) is 9.47 Å². The molecule has 3 aromatic rings. The number of carboxylic acids is 1. The van der Waals surface area contributed by atoms with Gasteiger partial charge in [0.2, 0.25) is 0 Å². The van der Waals surface area contributed by atoms with Gasteiger partial charge in [-0.3, -0.25) is 0 Å². The monoisotopic (exact) mass is 348 g/mol. The molecule has 0 spiro atoms. The van der Waals surface area contributed by atoms with E-state index < -0.39 is 18.2 Å². The van der Waals surface area contributed by atoms with Gasteiger partial charge >= 0.3 is 12.1 Å². The molecule has 0 amide bonds. The van der Waals surface area contributed by atoms with Gasteiger partial charge in [0.25, 0.3) is 0 Å². The average molecular weight is 348 g/mol. The molecule has 0 aliphatic rings. The number of carbonyl (C=O) groups is 2. The van der Waals surface area contributed by atoms with Crippen LogP contribution in [0.4, 0.5) is 4.79 Å². The van der Waals surface area contributed by atoms with Crippen LogP contribution in [0.1, 0.15) is 11.7 Å². The summed E-state index contributed by atoms with van der Waals surface area (Å²) in [5.74, 6) is -0.953. The fraction of sp³-hybridized carbons (Fsp3) is 0.0476. The summed E-state index contributed by atoms with van der Waals surface area (Å²) in [4.78, 5) is 23.6. The predicted octanol–water partition coefficient (Wildman–Crippen LogP) is 4.74. The first kappa shape index (κ1) is 17.2. The highest BCUT2D eigenvalue weighted by Crippen LogP contribution is 2.32. The summed E-state index contributed by atoms with van der Waals surface area (Å²) in [5.41, 5.74) is 0.270. The summed E-state index contributed by atoms with van der Waals surface area (Å²) >= 11 is 0. The van der Waals surface area contributed by atoms with Crippen LogP contribution in [0.5, 0.6) is 5.75 Å². The van der Waals surface area contributed by atoms with Crippen molar-refractivity contribution in [1.29, 1.82) is 0 Å².